The topological polar surface area (TPSA) is 8.17 Å². The lowest BCUT2D eigenvalue weighted by Crippen LogP contribution is -2.15. The summed E-state index contributed by atoms with van der Waals surface area (Å²) in [4.78, 5) is 2.38. The monoisotopic (exact) mass is 628 g/mol. The zero-order chi connectivity index (χ0) is 33.0. The fourth-order valence-electron chi connectivity index (χ4n) is 7.83. The molecule has 0 atom stereocenters. The van der Waals surface area contributed by atoms with E-state index in [9.17, 15) is 0 Å². The molecular weight excluding hydrogens is 593 g/mol. The van der Waals surface area contributed by atoms with Crippen LogP contribution in [-0.4, -0.2) is 4.57 Å². The van der Waals surface area contributed by atoms with Gasteiger partial charge in [0.1, 0.15) is 0 Å². The van der Waals surface area contributed by atoms with E-state index in [1.54, 1.807) is 0 Å². The number of anilines is 3. The minimum absolute atomic E-state index is 0.160. The van der Waals surface area contributed by atoms with E-state index in [4.69, 9.17) is 0 Å². The Morgan fingerprint density at radius 3 is 1.57 bits per heavy atom. The SMILES string of the molecule is CC1(C)c2ccccc2-c2c1c1cc(N(c3ccccc3)c3ccc(-c4ccccc4)cc3)ccc1n2-c1ccc(-c2ccccc2)cc1. The Morgan fingerprint density at radius 1 is 0.449 bits per heavy atom. The van der Waals surface area contributed by atoms with E-state index < -0.39 is 0 Å². The first kappa shape index (κ1) is 29.1. The van der Waals surface area contributed by atoms with Crippen LogP contribution in [0.5, 0.6) is 0 Å². The average molecular weight is 629 g/mol. The minimum atomic E-state index is -0.160. The second kappa shape index (κ2) is 11.5. The molecule has 0 radical (unpaired) electrons. The third kappa shape index (κ3) is 4.79. The summed E-state index contributed by atoms with van der Waals surface area (Å²) < 4.78 is 2.48. The number of hydrogen-bond acceptors (Lipinski definition) is 1. The second-order valence-corrected chi connectivity index (χ2v) is 13.4. The summed E-state index contributed by atoms with van der Waals surface area (Å²) in [6.45, 7) is 4.76. The predicted octanol–water partition coefficient (Wildman–Crippen LogP) is 12.7. The van der Waals surface area contributed by atoms with Crippen molar-refractivity contribution < 1.29 is 0 Å². The van der Waals surface area contributed by atoms with Gasteiger partial charge in [-0.1, -0.05) is 141 Å². The first-order chi connectivity index (χ1) is 24.1. The van der Waals surface area contributed by atoms with Gasteiger partial charge in [-0.05, 0) is 88.0 Å². The Morgan fingerprint density at radius 2 is 0.939 bits per heavy atom. The molecule has 0 unspecified atom stereocenters. The number of hydrogen-bond donors (Lipinski definition) is 0. The van der Waals surface area contributed by atoms with Crippen LogP contribution in [-0.2, 0) is 5.41 Å². The van der Waals surface area contributed by atoms with Crippen LogP contribution < -0.4 is 4.90 Å². The highest BCUT2D eigenvalue weighted by Crippen LogP contribution is 2.54. The molecule has 9 rings (SSSR count). The van der Waals surface area contributed by atoms with Crippen LogP contribution in [0.3, 0.4) is 0 Å². The molecule has 8 aromatic rings. The van der Waals surface area contributed by atoms with E-state index in [0.717, 1.165) is 17.1 Å². The summed E-state index contributed by atoms with van der Waals surface area (Å²) in [5.41, 5.74) is 15.8. The quantitative estimate of drug-likeness (QED) is 0.178. The maximum atomic E-state index is 2.48. The molecule has 0 bridgehead atoms. The van der Waals surface area contributed by atoms with Crippen molar-refractivity contribution in [3.05, 3.63) is 193 Å². The van der Waals surface area contributed by atoms with Crippen molar-refractivity contribution in [2.75, 3.05) is 4.90 Å². The lowest BCUT2D eigenvalue weighted by Gasteiger charge is -2.27. The fourth-order valence-corrected chi connectivity index (χ4v) is 7.83. The van der Waals surface area contributed by atoms with Crippen molar-refractivity contribution in [1.82, 2.24) is 4.57 Å². The van der Waals surface area contributed by atoms with E-state index in [1.165, 1.54) is 61.2 Å². The van der Waals surface area contributed by atoms with E-state index in [-0.39, 0.29) is 5.41 Å². The lowest BCUT2D eigenvalue weighted by molar-refractivity contribution is 0.666. The van der Waals surface area contributed by atoms with Gasteiger partial charge in [-0.2, -0.15) is 0 Å². The second-order valence-electron chi connectivity index (χ2n) is 13.4. The van der Waals surface area contributed by atoms with Crippen LogP contribution in [0.1, 0.15) is 25.0 Å². The summed E-state index contributed by atoms with van der Waals surface area (Å²) in [5, 5.41) is 1.28. The van der Waals surface area contributed by atoms with Gasteiger partial charge in [-0.3, -0.25) is 0 Å². The molecule has 0 N–H and O–H groups in total. The highest BCUT2D eigenvalue weighted by molar-refractivity contribution is 6.01. The Hall–Kier alpha value is -6.12. The maximum Gasteiger partial charge on any atom is 0.0585 e. The molecule has 0 amide bonds. The van der Waals surface area contributed by atoms with Crippen molar-refractivity contribution in [3.63, 3.8) is 0 Å². The summed E-state index contributed by atoms with van der Waals surface area (Å²) in [7, 11) is 0. The van der Waals surface area contributed by atoms with Gasteiger partial charge in [0.2, 0.25) is 0 Å². The van der Waals surface area contributed by atoms with Gasteiger partial charge in [-0.25, -0.2) is 0 Å². The third-order valence-electron chi connectivity index (χ3n) is 10.2. The maximum absolute atomic E-state index is 2.48. The molecule has 1 heterocycles. The molecule has 49 heavy (non-hydrogen) atoms. The fraction of sp³-hybridized carbons (Fsp3) is 0.0638. The number of fused-ring (bicyclic) bond motifs is 5. The number of aromatic nitrogens is 1. The zero-order valence-corrected chi connectivity index (χ0v) is 27.7. The molecule has 2 nitrogen and oxygen atoms in total. The summed E-state index contributed by atoms with van der Waals surface area (Å²) in [5.74, 6) is 0. The van der Waals surface area contributed by atoms with E-state index >= 15 is 0 Å². The summed E-state index contributed by atoms with van der Waals surface area (Å²) in [6.07, 6.45) is 0. The van der Waals surface area contributed by atoms with Gasteiger partial charge in [0, 0.05) is 39.1 Å². The number of nitrogens with zero attached hydrogens (tertiary/aromatic N) is 2. The molecule has 7 aromatic carbocycles. The van der Waals surface area contributed by atoms with E-state index in [1.807, 2.05) is 0 Å². The van der Waals surface area contributed by atoms with E-state index in [2.05, 4.69) is 205 Å². The third-order valence-corrected chi connectivity index (χ3v) is 10.2. The molecule has 1 aliphatic carbocycles. The van der Waals surface area contributed by atoms with Crippen LogP contribution in [0.4, 0.5) is 17.1 Å². The number of benzene rings is 7. The Kier molecular flexibility index (Phi) is 6.84. The number of para-hydroxylation sites is 1. The Bertz CT molecular complexity index is 2420. The molecular formula is C47H36N2. The molecule has 0 saturated carbocycles. The van der Waals surface area contributed by atoms with E-state index in [0.29, 0.717) is 0 Å². The summed E-state index contributed by atoms with van der Waals surface area (Å²) >= 11 is 0. The molecule has 0 fully saturated rings. The van der Waals surface area contributed by atoms with Gasteiger partial charge >= 0.3 is 0 Å². The van der Waals surface area contributed by atoms with Gasteiger partial charge in [-0.15, -0.1) is 0 Å². The molecule has 0 saturated heterocycles. The standard InChI is InChI=1S/C47H36N2/c1-47(2)43-21-13-12-20-41(43)46-45(47)42-32-40(30-31-44(42)49(46)39-28-24-36(25-29-39)34-16-8-4-9-17-34)48(37-18-10-5-11-19-37)38-26-22-35(23-27-38)33-14-6-3-7-15-33/h3-32H,1-2H3. The van der Waals surface area contributed by atoms with Gasteiger partial charge < -0.3 is 9.47 Å². The van der Waals surface area contributed by atoms with Crippen molar-refractivity contribution in [1.29, 1.82) is 0 Å². The average Bonchev–Trinajstić information content (AvgIpc) is 3.63. The van der Waals surface area contributed by atoms with Crippen molar-refractivity contribution in [3.8, 4) is 39.2 Å². The first-order valence-electron chi connectivity index (χ1n) is 17.0. The molecule has 0 spiro atoms. The first-order valence-corrected chi connectivity index (χ1v) is 17.0. The molecule has 234 valence electrons. The lowest BCUT2D eigenvalue weighted by atomic mass is 9.81. The molecule has 1 aromatic heterocycles. The molecule has 2 heteroatoms. The van der Waals surface area contributed by atoms with Crippen LogP contribution in [0.2, 0.25) is 0 Å². The largest absolute Gasteiger partial charge is 0.310 e. The van der Waals surface area contributed by atoms with Crippen LogP contribution in [0.15, 0.2) is 182 Å². The van der Waals surface area contributed by atoms with Gasteiger partial charge in [0.05, 0.1) is 11.2 Å². The minimum Gasteiger partial charge on any atom is -0.310 e. The Labute approximate surface area is 288 Å². The zero-order valence-electron chi connectivity index (χ0n) is 27.7. The van der Waals surface area contributed by atoms with Crippen LogP contribution in [0.25, 0.3) is 50.1 Å². The number of rotatable bonds is 6. The van der Waals surface area contributed by atoms with Crippen LogP contribution >= 0.6 is 0 Å². The van der Waals surface area contributed by atoms with Crippen LogP contribution in [0, 0.1) is 0 Å². The van der Waals surface area contributed by atoms with Gasteiger partial charge in [0.15, 0.2) is 0 Å². The normalized spacial score (nSPS) is 12.9. The van der Waals surface area contributed by atoms with Crippen molar-refractivity contribution in [2.24, 2.45) is 0 Å². The smallest absolute Gasteiger partial charge is 0.0585 e. The highest BCUT2D eigenvalue weighted by atomic mass is 15.1. The Balaban J connectivity index is 1.24. The molecule has 0 aliphatic heterocycles. The van der Waals surface area contributed by atoms with Crippen molar-refractivity contribution >= 4 is 28.0 Å². The predicted molar refractivity (Wildman–Crippen MR) is 206 cm³/mol. The highest BCUT2D eigenvalue weighted by Gasteiger charge is 2.40. The van der Waals surface area contributed by atoms with Crippen molar-refractivity contribution in [2.45, 2.75) is 19.3 Å². The van der Waals surface area contributed by atoms with Gasteiger partial charge in [0.25, 0.3) is 0 Å². The summed E-state index contributed by atoms with van der Waals surface area (Å²) in [6, 6.07) is 65.8. The molecule has 1 aliphatic rings.